The summed E-state index contributed by atoms with van der Waals surface area (Å²) >= 11 is 0. The van der Waals surface area contributed by atoms with Gasteiger partial charge in [-0.2, -0.15) is 4.31 Å². The third kappa shape index (κ3) is 3.28. The molecule has 0 amide bonds. The van der Waals surface area contributed by atoms with E-state index < -0.39 is 16.0 Å². The van der Waals surface area contributed by atoms with E-state index in [9.17, 15) is 13.2 Å². The van der Waals surface area contributed by atoms with E-state index in [4.69, 9.17) is 4.42 Å². The number of hydrogen-bond donors (Lipinski definition) is 1. The molecule has 1 N–H and O–H groups in total. The van der Waals surface area contributed by atoms with E-state index in [0.29, 0.717) is 19.5 Å². The van der Waals surface area contributed by atoms with Crippen molar-refractivity contribution >= 4 is 16.0 Å². The van der Waals surface area contributed by atoms with Crippen molar-refractivity contribution in [2.75, 3.05) is 26.7 Å². The molecule has 1 aromatic heterocycles. The average Bonchev–Trinajstić information content (AvgIpc) is 3.14. The van der Waals surface area contributed by atoms with Gasteiger partial charge in [-0.1, -0.05) is 6.92 Å². The zero-order valence-corrected chi connectivity index (χ0v) is 13.0. The number of nitrogens with one attached hydrogen (secondary N) is 1. The monoisotopic (exact) mass is 316 g/mol. The standard InChI is InChI=1S/C13H20N2O5S/c1-3-6-15(11-4-5-14-8-11)21(17,18)12-7-10(9-20-12)13(16)19-2/h7,9,11,14H,3-6,8H2,1-2H3. The van der Waals surface area contributed by atoms with E-state index in [2.05, 4.69) is 10.1 Å². The Morgan fingerprint density at radius 3 is 2.90 bits per heavy atom. The molecule has 1 fully saturated rings. The highest BCUT2D eigenvalue weighted by Gasteiger charge is 2.35. The molecule has 8 heteroatoms. The number of hydrogen-bond acceptors (Lipinski definition) is 6. The van der Waals surface area contributed by atoms with E-state index in [1.165, 1.54) is 17.5 Å². The quantitative estimate of drug-likeness (QED) is 0.782. The second-order valence-corrected chi connectivity index (χ2v) is 6.73. The summed E-state index contributed by atoms with van der Waals surface area (Å²) in [6.45, 7) is 3.77. The summed E-state index contributed by atoms with van der Waals surface area (Å²) in [7, 11) is -2.52. The van der Waals surface area contributed by atoms with Crippen molar-refractivity contribution in [3.8, 4) is 0 Å². The van der Waals surface area contributed by atoms with Crippen LogP contribution in [0, 0.1) is 0 Å². The number of carbonyl (C=O) groups excluding carboxylic acids is 1. The first-order valence-corrected chi connectivity index (χ1v) is 8.34. The van der Waals surface area contributed by atoms with Crippen LogP contribution >= 0.6 is 0 Å². The number of carbonyl (C=O) groups is 1. The Bertz CT molecular complexity index is 589. The molecule has 0 saturated carbocycles. The van der Waals surface area contributed by atoms with Crippen LogP contribution in [0.2, 0.25) is 0 Å². The minimum absolute atomic E-state index is 0.0818. The number of methoxy groups -OCH3 is 1. The first-order chi connectivity index (χ1) is 10.0. The molecule has 2 rings (SSSR count). The SMILES string of the molecule is CCCN(C1CCNC1)S(=O)(=O)c1cc(C(=O)OC)co1. The lowest BCUT2D eigenvalue weighted by molar-refractivity contribution is 0.0600. The molecule has 1 atom stereocenters. The van der Waals surface area contributed by atoms with Gasteiger partial charge in [0.15, 0.2) is 0 Å². The van der Waals surface area contributed by atoms with Gasteiger partial charge in [-0.05, 0) is 19.4 Å². The molecule has 0 spiro atoms. The first kappa shape index (κ1) is 16.0. The van der Waals surface area contributed by atoms with Crippen molar-refractivity contribution in [3.05, 3.63) is 17.9 Å². The van der Waals surface area contributed by atoms with Gasteiger partial charge in [0.2, 0.25) is 5.09 Å². The fourth-order valence-corrected chi connectivity index (χ4v) is 4.07. The maximum Gasteiger partial charge on any atom is 0.341 e. The number of esters is 1. The zero-order chi connectivity index (χ0) is 15.5. The topological polar surface area (TPSA) is 88.9 Å². The van der Waals surface area contributed by atoms with Gasteiger partial charge < -0.3 is 14.5 Å². The Kier molecular flexibility index (Phi) is 5.02. The Balaban J connectivity index is 2.29. The maximum absolute atomic E-state index is 12.7. The Morgan fingerprint density at radius 1 is 1.57 bits per heavy atom. The van der Waals surface area contributed by atoms with Gasteiger partial charge in [0.05, 0.1) is 12.7 Å². The molecule has 7 nitrogen and oxygen atoms in total. The van der Waals surface area contributed by atoms with Gasteiger partial charge in [0.25, 0.3) is 10.0 Å². The van der Waals surface area contributed by atoms with Gasteiger partial charge in [-0.3, -0.25) is 0 Å². The molecule has 0 aromatic carbocycles. The second-order valence-electron chi connectivity index (χ2n) is 4.91. The van der Waals surface area contributed by atoms with E-state index >= 15 is 0 Å². The summed E-state index contributed by atoms with van der Waals surface area (Å²) in [4.78, 5) is 11.4. The summed E-state index contributed by atoms with van der Waals surface area (Å²) in [5.41, 5.74) is 0.0945. The van der Waals surface area contributed by atoms with Crippen molar-refractivity contribution in [1.82, 2.24) is 9.62 Å². The summed E-state index contributed by atoms with van der Waals surface area (Å²) < 4.78 is 36.5. The average molecular weight is 316 g/mol. The summed E-state index contributed by atoms with van der Waals surface area (Å²) in [6, 6.07) is 1.13. The van der Waals surface area contributed by atoms with Gasteiger partial charge >= 0.3 is 5.97 Å². The largest absolute Gasteiger partial charge is 0.465 e. The number of rotatable bonds is 6. The van der Waals surface area contributed by atoms with Crippen molar-refractivity contribution in [1.29, 1.82) is 0 Å². The van der Waals surface area contributed by atoms with Gasteiger partial charge in [0.1, 0.15) is 6.26 Å². The minimum Gasteiger partial charge on any atom is -0.465 e. The first-order valence-electron chi connectivity index (χ1n) is 6.90. The van der Waals surface area contributed by atoms with Crippen LogP contribution in [-0.2, 0) is 14.8 Å². The van der Waals surface area contributed by atoms with Crippen LogP contribution in [0.25, 0.3) is 0 Å². The number of sulfonamides is 1. The van der Waals surface area contributed by atoms with E-state index in [-0.39, 0.29) is 16.7 Å². The zero-order valence-electron chi connectivity index (χ0n) is 12.2. The molecule has 0 radical (unpaired) electrons. The lowest BCUT2D eigenvalue weighted by Crippen LogP contribution is -2.41. The van der Waals surface area contributed by atoms with Crippen molar-refractivity contribution in [2.24, 2.45) is 0 Å². The van der Waals surface area contributed by atoms with Crippen molar-refractivity contribution in [2.45, 2.75) is 30.9 Å². The highest BCUT2D eigenvalue weighted by Crippen LogP contribution is 2.23. The van der Waals surface area contributed by atoms with Gasteiger partial charge in [0, 0.05) is 25.2 Å². The molecule has 0 bridgehead atoms. The van der Waals surface area contributed by atoms with Crippen LogP contribution in [0.5, 0.6) is 0 Å². The number of nitrogens with zero attached hydrogens (tertiary/aromatic N) is 1. The lowest BCUT2D eigenvalue weighted by Gasteiger charge is -2.25. The molecule has 2 heterocycles. The second kappa shape index (κ2) is 6.59. The number of ether oxygens (including phenoxy) is 1. The molecule has 1 aromatic rings. The van der Waals surface area contributed by atoms with Crippen molar-refractivity contribution < 1.29 is 22.4 Å². The maximum atomic E-state index is 12.7. The van der Waals surface area contributed by atoms with Crippen LogP contribution in [0.1, 0.15) is 30.1 Å². The smallest absolute Gasteiger partial charge is 0.341 e. The number of furan rings is 1. The van der Waals surface area contributed by atoms with E-state index in [1.807, 2.05) is 6.92 Å². The van der Waals surface area contributed by atoms with Crippen LogP contribution in [0.15, 0.2) is 21.8 Å². The molecule has 1 saturated heterocycles. The lowest BCUT2D eigenvalue weighted by atomic mass is 10.2. The molecular formula is C13H20N2O5S. The molecule has 1 aliphatic heterocycles. The van der Waals surface area contributed by atoms with Crippen LogP contribution in [0.4, 0.5) is 0 Å². The molecule has 1 aliphatic rings. The summed E-state index contributed by atoms with van der Waals surface area (Å²) in [5, 5.41) is 2.94. The normalized spacial score (nSPS) is 19.1. The van der Waals surface area contributed by atoms with Crippen LogP contribution in [0.3, 0.4) is 0 Å². The highest BCUT2D eigenvalue weighted by molar-refractivity contribution is 7.89. The van der Waals surface area contributed by atoms with Gasteiger partial charge in [-0.25, -0.2) is 13.2 Å². The summed E-state index contributed by atoms with van der Waals surface area (Å²) in [6.07, 6.45) is 2.58. The Morgan fingerprint density at radius 2 is 2.33 bits per heavy atom. The predicted molar refractivity (Wildman–Crippen MR) is 75.5 cm³/mol. The Labute approximate surface area is 124 Å². The summed E-state index contributed by atoms with van der Waals surface area (Å²) in [5.74, 6) is -0.621. The highest BCUT2D eigenvalue weighted by atomic mass is 32.2. The van der Waals surface area contributed by atoms with Crippen LogP contribution < -0.4 is 5.32 Å². The molecule has 0 aliphatic carbocycles. The molecule has 118 valence electrons. The fraction of sp³-hybridized carbons (Fsp3) is 0.615. The third-order valence-electron chi connectivity index (χ3n) is 3.45. The van der Waals surface area contributed by atoms with E-state index in [0.717, 1.165) is 19.2 Å². The van der Waals surface area contributed by atoms with Crippen molar-refractivity contribution in [3.63, 3.8) is 0 Å². The van der Waals surface area contributed by atoms with Crippen LogP contribution in [-0.4, -0.2) is 51.5 Å². The minimum atomic E-state index is -3.75. The fourth-order valence-electron chi connectivity index (χ4n) is 2.40. The Hall–Kier alpha value is -1.38. The molecule has 21 heavy (non-hydrogen) atoms. The van der Waals surface area contributed by atoms with Gasteiger partial charge in [-0.15, -0.1) is 0 Å². The molecular weight excluding hydrogens is 296 g/mol. The predicted octanol–water partition coefficient (Wildman–Crippen LogP) is 0.829. The molecule has 1 unspecified atom stereocenters. The third-order valence-corrected chi connectivity index (χ3v) is 5.27. The van der Waals surface area contributed by atoms with E-state index in [1.54, 1.807) is 0 Å².